The van der Waals surface area contributed by atoms with Crippen LogP contribution in [0.1, 0.15) is 32.6 Å². The average molecular weight is 420 g/mol. The maximum atomic E-state index is 13.0. The zero-order chi connectivity index (χ0) is 18.8. The smallest absolute Gasteiger partial charge is 0.243 e. The number of halogens is 2. The van der Waals surface area contributed by atoms with E-state index in [4.69, 9.17) is 0 Å². The summed E-state index contributed by atoms with van der Waals surface area (Å²) in [5, 5.41) is 3.39. The van der Waals surface area contributed by atoms with Crippen molar-refractivity contribution in [3.63, 3.8) is 0 Å². The van der Waals surface area contributed by atoms with Gasteiger partial charge < -0.3 is 10.2 Å². The Balaban J connectivity index is 0.00000261. The van der Waals surface area contributed by atoms with Gasteiger partial charge in [-0.25, -0.2) is 12.8 Å². The molecule has 2 aliphatic rings. The molecule has 6 nitrogen and oxygen atoms in total. The first-order valence-electron chi connectivity index (χ1n) is 9.19. The predicted molar refractivity (Wildman–Crippen MR) is 104 cm³/mol. The molecule has 0 saturated carbocycles. The van der Waals surface area contributed by atoms with Crippen LogP contribution in [0.3, 0.4) is 0 Å². The number of rotatable bonds is 4. The quantitative estimate of drug-likeness (QED) is 0.810. The number of piperidine rings is 1. The van der Waals surface area contributed by atoms with Crippen LogP contribution in [0, 0.1) is 5.82 Å². The molecule has 2 heterocycles. The van der Waals surface area contributed by atoms with E-state index in [0.717, 1.165) is 44.4 Å². The van der Waals surface area contributed by atoms with Crippen LogP contribution >= 0.6 is 12.4 Å². The maximum absolute atomic E-state index is 13.0. The zero-order valence-corrected chi connectivity index (χ0v) is 17.1. The Labute approximate surface area is 166 Å². The van der Waals surface area contributed by atoms with Gasteiger partial charge >= 0.3 is 0 Å². The van der Waals surface area contributed by atoms with E-state index in [2.05, 4.69) is 5.32 Å². The first-order chi connectivity index (χ1) is 12.4. The predicted octanol–water partition coefficient (Wildman–Crippen LogP) is 2.00. The third-order valence-electron chi connectivity index (χ3n) is 5.48. The molecule has 2 fully saturated rings. The molecule has 1 aromatic rings. The first kappa shape index (κ1) is 22.1. The van der Waals surface area contributed by atoms with Crippen molar-refractivity contribution in [1.29, 1.82) is 0 Å². The molecule has 0 spiro atoms. The van der Waals surface area contributed by atoms with E-state index >= 15 is 0 Å². The second kappa shape index (κ2) is 8.86. The summed E-state index contributed by atoms with van der Waals surface area (Å²) < 4.78 is 39.8. The van der Waals surface area contributed by atoms with Gasteiger partial charge in [0.2, 0.25) is 15.9 Å². The minimum atomic E-state index is -3.66. The van der Waals surface area contributed by atoms with Crippen LogP contribution in [-0.2, 0) is 14.8 Å². The van der Waals surface area contributed by atoms with Gasteiger partial charge in [0.15, 0.2) is 0 Å². The first-order valence-corrected chi connectivity index (χ1v) is 10.6. The number of nitrogens with zero attached hydrogens (tertiary/aromatic N) is 2. The molecule has 1 aromatic carbocycles. The molecule has 0 bridgehead atoms. The third kappa shape index (κ3) is 4.45. The van der Waals surface area contributed by atoms with Crippen LogP contribution in [0.15, 0.2) is 29.2 Å². The minimum Gasteiger partial charge on any atom is -0.338 e. The number of amides is 1. The lowest BCUT2D eigenvalue weighted by molar-refractivity contribution is -0.141. The number of nitrogens with one attached hydrogen (secondary N) is 1. The Kier molecular flexibility index (Phi) is 7.24. The summed E-state index contributed by atoms with van der Waals surface area (Å²) in [7, 11) is -3.66. The standard InChI is InChI=1S/C18H26FN3O3S.ClH/c1-2-18(9-3-4-10-20-18)17(23)21-11-13-22(14-12-21)26(24,25)16-7-5-15(19)6-8-16;/h5-8,20H,2-4,9-14H2,1H3;1H/t18-;/m0./s1. The number of benzene rings is 1. The molecule has 0 unspecified atom stereocenters. The van der Waals surface area contributed by atoms with Crippen LogP contribution in [0.25, 0.3) is 0 Å². The monoisotopic (exact) mass is 419 g/mol. The third-order valence-corrected chi connectivity index (χ3v) is 7.40. The van der Waals surface area contributed by atoms with Gasteiger partial charge in [-0.2, -0.15) is 4.31 Å². The SMILES string of the molecule is CC[C@@]1(C(=O)N2CCN(S(=O)(=O)c3ccc(F)cc3)CC2)CCCCN1.Cl. The van der Waals surface area contributed by atoms with E-state index in [-0.39, 0.29) is 36.3 Å². The summed E-state index contributed by atoms with van der Waals surface area (Å²) in [6, 6.07) is 4.85. The van der Waals surface area contributed by atoms with Gasteiger partial charge in [-0.15, -0.1) is 12.4 Å². The van der Waals surface area contributed by atoms with Gasteiger partial charge in [0.1, 0.15) is 5.82 Å². The Morgan fingerprint density at radius 1 is 1.15 bits per heavy atom. The average Bonchev–Trinajstić information content (AvgIpc) is 2.68. The van der Waals surface area contributed by atoms with E-state index in [0.29, 0.717) is 13.1 Å². The van der Waals surface area contributed by atoms with Gasteiger partial charge in [0.05, 0.1) is 10.4 Å². The normalized spacial score (nSPS) is 24.3. The van der Waals surface area contributed by atoms with Crippen LogP contribution in [0.4, 0.5) is 4.39 Å². The van der Waals surface area contributed by atoms with Crippen molar-refractivity contribution < 1.29 is 17.6 Å². The summed E-state index contributed by atoms with van der Waals surface area (Å²) in [4.78, 5) is 14.9. The minimum absolute atomic E-state index is 0. The fourth-order valence-electron chi connectivity index (χ4n) is 3.79. The lowest BCUT2D eigenvalue weighted by atomic mass is 9.85. The van der Waals surface area contributed by atoms with Crippen LogP contribution in [-0.4, -0.2) is 61.8 Å². The van der Waals surface area contributed by atoms with E-state index in [1.54, 1.807) is 4.90 Å². The molecule has 152 valence electrons. The van der Waals surface area contributed by atoms with Crippen LogP contribution in [0.5, 0.6) is 0 Å². The lowest BCUT2D eigenvalue weighted by Gasteiger charge is -2.42. The largest absolute Gasteiger partial charge is 0.338 e. The van der Waals surface area contributed by atoms with Crippen molar-refractivity contribution in [2.45, 2.75) is 43.0 Å². The number of hydrogen-bond donors (Lipinski definition) is 1. The topological polar surface area (TPSA) is 69.7 Å². The van der Waals surface area contributed by atoms with E-state index in [1.165, 1.54) is 16.4 Å². The highest BCUT2D eigenvalue weighted by Crippen LogP contribution is 2.26. The van der Waals surface area contributed by atoms with Crippen molar-refractivity contribution >= 4 is 28.3 Å². The van der Waals surface area contributed by atoms with Crippen LogP contribution in [0.2, 0.25) is 0 Å². The van der Waals surface area contributed by atoms with Gasteiger partial charge in [-0.1, -0.05) is 6.92 Å². The van der Waals surface area contributed by atoms with Crippen molar-refractivity contribution in [3.8, 4) is 0 Å². The number of sulfonamides is 1. The number of hydrogen-bond acceptors (Lipinski definition) is 4. The van der Waals surface area contributed by atoms with Gasteiger partial charge in [-0.05, 0) is 56.5 Å². The molecular weight excluding hydrogens is 393 g/mol. The van der Waals surface area contributed by atoms with E-state index in [1.807, 2.05) is 6.92 Å². The second-order valence-electron chi connectivity index (χ2n) is 6.97. The highest BCUT2D eigenvalue weighted by Gasteiger charge is 2.41. The molecule has 9 heteroatoms. The highest BCUT2D eigenvalue weighted by atomic mass is 35.5. The van der Waals surface area contributed by atoms with E-state index < -0.39 is 21.4 Å². The Morgan fingerprint density at radius 3 is 2.30 bits per heavy atom. The Morgan fingerprint density at radius 2 is 1.78 bits per heavy atom. The summed E-state index contributed by atoms with van der Waals surface area (Å²) in [5.41, 5.74) is -0.504. The Bertz CT molecular complexity index is 744. The number of carbonyl (C=O) groups excluding carboxylic acids is 1. The van der Waals surface area contributed by atoms with Crippen molar-refractivity contribution in [2.75, 3.05) is 32.7 Å². The maximum Gasteiger partial charge on any atom is 0.243 e. The van der Waals surface area contributed by atoms with Crippen molar-refractivity contribution in [2.24, 2.45) is 0 Å². The molecule has 1 N–H and O–H groups in total. The van der Waals surface area contributed by atoms with Crippen molar-refractivity contribution in [1.82, 2.24) is 14.5 Å². The molecule has 0 radical (unpaired) electrons. The summed E-state index contributed by atoms with van der Waals surface area (Å²) in [5.74, 6) is -0.386. The molecular formula is C18H27ClFN3O3S. The summed E-state index contributed by atoms with van der Waals surface area (Å²) >= 11 is 0. The fourth-order valence-corrected chi connectivity index (χ4v) is 5.22. The molecule has 3 rings (SSSR count). The molecule has 2 aliphatic heterocycles. The van der Waals surface area contributed by atoms with Gasteiger partial charge in [0, 0.05) is 26.2 Å². The molecule has 0 aromatic heterocycles. The highest BCUT2D eigenvalue weighted by molar-refractivity contribution is 7.89. The molecule has 1 amide bonds. The van der Waals surface area contributed by atoms with E-state index in [9.17, 15) is 17.6 Å². The molecule has 27 heavy (non-hydrogen) atoms. The lowest BCUT2D eigenvalue weighted by Crippen LogP contribution is -2.62. The number of carbonyl (C=O) groups is 1. The number of piperazine rings is 1. The summed E-state index contributed by atoms with van der Waals surface area (Å²) in [6.07, 6.45) is 3.68. The molecule has 2 saturated heterocycles. The van der Waals surface area contributed by atoms with Gasteiger partial charge in [-0.3, -0.25) is 4.79 Å². The molecule has 0 aliphatic carbocycles. The summed E-state index contributed by atoms with van der Waals surface area (Å²) in [6.45, 7) is 4.13. The fraction of sp³-hybridized carbons (Fsp3) is 0.611. The second-order valence-corrected chi connectivity index (χ2v) is 8.91. The molecule has 1 atom stereocenters. The van der Waals surface area contributed by atoms with Gasteiger partial charge in [0.25, 0.3) is 0 Å². The zero-order valence-electron chi connectivity index (χ0n) is 15.5. The van der Waals surface area contributed by atoms with Crippen molar-refractivity contribution in [3.05, 3.63) is 30.1 Å². The Hall–Kier alpha value is -1.22. The van der Waals surface area contributed by atoms with Crippen LogP contribution < -0.4 is 5.32 Å².